The molecule has 0 aliphatic carbocycles. The molecule has 1 rings (SSSR count). The summed E-state index contributed by atoms with van der Waals surface area (Å²) in [5, 5.41) is 0. The number of aromatic nitrogens is 1. The molecule has 1 aromatic heterocycles. The molecule has 1 heterocycles. The van der Waals surface area contributed by atoms with Crippen LogP contribution in [0.15, 0.2) is 3.92 Å². The average Bonchev–Trinajstić information content (AvgIpc) is 2.14. The van der Waals surface area contributed by atoms with Crippen molar-refractivity contribution >= 4 is 27.3 Å². The largest absolute Gasteiger partial charge is 0.227 e. The van der Waals surface area contributed by atoms with Crippen molar-refractivity contribution in [3.05, 3.63) is 15.0 Å². The van der Waals surface area contributed by atoms with Crippen LogP contribution in [0.4, 0.5) is 0 Å². The van der Waals surface area contributed by atoms with Crippen LogP contribution in [0.2, 0.25) is 0 Å². The molecule has 0 bridgehead atoms. The second kappa shape index (κ2) is 2.80. The maximum absolute atomic E-state index is 3.95. The normalized spacial score (nSPS) is 10.7. The van der Waals surface area contributed by atoms with E-state index in [4.69, 9.17) is 0 Å². The van der Waals surface area contributed by atoms with Crippen molar-refractivity contribution < 1.29 is 0 Å². The van der Waals surface area contributed by atoms with E-state index in [2.05, 4.69) is 41.0 Å². The van der Waals surface area contributed by atoms with E-state index in [1.807, 2.05) is 0 Å². The molecule has 3 heteroatoms. The Hall–Kier alpha value is 0.110. The van der Waals surface area contributed by atoms with Crippen molar-refractivity contribution in [3.8, 4) is 0 Å². The maximum atomic E-state index is 3.95. The fourth-order valence-electron chi connectivity index (χ4n) is 0.482. The van der Waals surface area contributed by atoms with E-state index in [0.29, 0.717) is 5.92 Å². The molecule has 1 aromatic rings. The van der Waals surface area contributed by atoms with Crippen LogP contribution >= 0.6 is 27.3 Å². The molecular formula is C6H7BrNS. The molecule has 9 heavy (non-hydrogen) atoms. The maximum Gasteiger partial charge on any atom is 0.160 e. The minimum Gasteiger partial charge on any atom is -0.227 e. The smallest absolute Gasteiger partial charge is 0.160 e. The Balaban J connectivity index is 2.85. The molecule has 0 spiro atoms. The minimum atomic E-state index is 0.550. The highest BCUT2D eigenvalue weighted by Crippen LogP contribution is 2.24. The number of hydrogen-bond acceptors (Lipinski definition) is 2. The van der Waals surface area contributed by atoms with Gasteiger partial charge < -0.3 is 0 Å². The molecule has 0 fully saturated rings. The Morgan fingerprint density at radius 3 is 2.56 bits per heavy atom. The van der Waals surface area contributed by atoms with Gasteiger partial charge in [0.1, 0.15) is 6.20 Å². The van der Waals surface area contributed by atoms with E-state index in [1.165, 1.54) is 4.88 Å². The Labute approximate surface area is 67.3 Å². The van der Waals surface area contributed by atoms with Crippen molar-refractivity contribution in [2.45, 2.75) is 19.8 Å². The van der Waals surface area contributed by atoms with Gasteiger partial charge in [-0.25, -0.2) is 4.98 Å². The lowest BCUT2D eigenvalue weighted by Gasteiger charge is -1.93. The molecule has 0 aliphatic rings. The Morgan fingerprint density at radius 1 is 1.67 bits per heavy atom. The topological polar surface area (TPSA) is 12.9 Å². The van der Waals surface area contributed by atoms with E-state index in [-0.39, 0.29) is 0 Å². The van der Waals surface area contributed by atoms with Gasteiger partial charge in [-0.3, -0.25) is 0 Å². The Kier molecular flexibility index (Phi) is 2.24. The zero-order valence-electron chi connectivity index (χ0n) is 5.31. The summed E-state index contributed by atoms with van der Waals surface area (Å²) in [4.78, 5) is 5.16. The fraction of sp³-hybridized carbons (Fsp3) is 0.500. The van der Waals surface area contributed by atoms with Crippen LogP contribution in [0, 0.1) is 6.20 Å². The average molecular weight is 205 g/mol. The molecule has 49 valence electrons. The van der Waals surface area contributed by atoms with Crippen LogP contribution in [0.25, 0.3) is 0 Å². The third-order valence-corrected chi connectivity index (χ3v) is 2.68. The van der Waals surface area contributed by atoms with Gasteiger partial charge in [-0.1, -0.05) is 13.8 Å². The summed E-state index contributed by atoms with van der Waals surface area (Å²) >= 11 is 4.92. The van der Waals surface area contributed by atoms with Crippen molar-refractivity contribution in [1.29, 1.82) is 0 Å². The minimum absolute atomic E-state index is 0.550. The second-order valence-electron chi connectivity index (χ2n) is 2.10. The fourth-order valence-corrected chi connectivity index (χ4v) is 1.69. The SMILES string of the molecule is CC(C)c1[c]nc(Br)s1. The highest BCUT2D eigenvalue weighted by Gasteiger charge is 2.02. The lowest BCUT2D eigenvalue weighted by Crippen LogP contribution is -1.78. The van der Waals surface area contributed by atoms with Gasteiger partial charge in [0, 0.05) is 4.88 Å². The van der Waals surface area contributed by atoms with Crippen molar-refractivity contribution in [3.63, 3.8) is 0 Å². The van der Waals surface area contributed by atoms with Crippen LogP contribution in [0.3, 0.4) is 0 Å². The van der Waals surface area contributed by atoms with Crippen molar-refractivity contribution in [2.24, 2.45) is 0 Å². The number of nitrogens with zero attached hydrogens (tertiary/aromatic N) is 1. The second-order valence-corrected chi connectivity index (χ2v) is 4.40. The van der Waals surface area contributed by atoms with Crippen LogP contribution in [-0.4, -0.2) is 4.98 Å². The van der Waals surface area contributed by atoms with Gasteiger partial charge in [-0.2, -0.15) is 0 Å². The van der Waals surface area contributed by atoms with Crippen molar-refractivity contribution in [2.75, 3.05) is 0 Å². The molecular weight excluding hydrogens is 198 g/mol. The van der Waals surface area contributed by atoms with E-state index < -0.39 is 0 Å². The van der Waals surface area contributed by atoms with E-state index in [9.17, 15) is 0 Å². The molecule has 0 unspecified atom stereocenters. The summed E-state index contributed by atoms with van der Waals surface area (Å²) in [6.07, 6.45) is 2.93. The summed E-state index contributed by atoms with van der Waals surface area (Å²) in [7, 11) is 0. The Bertz CT molecular complexity index is 195. The molecule has 0 atom stereocenters. The van der Waals surface area contributed by atoms with E-state index in [1.54, 1.807) is 11.3 Å². The Morgan fingerprint density at radius 2 is 2.33 bits per heavy atom. The van der Waals surface area contributed by atoms with Crippen molar-refractivity contribution in [1.82, 2.24) is 4.98 Å². The molecule has 1 nitrogen and oxygen atoms in total. The van der Waals surface area contributed by atoms with Gasteiger partial charge >= 0.3 is 0 Å². The zero-order chi connectivity index (χ0) is 6.85. The number of hydrogen-bond donors (Lipinski definition) is 0. The standard InChI is InChI=1S/C6H7BrNS/c1-4(2)5-3-8-6(7)9-5/h4H,1-2H3. The molecule has 0 saturated carbocycles. The number of rotatable bonds is 1. The van der Waals surface area contributed by atoms with Gasteiger partial charge in [0.25, 0.3) is 0 Å². The van der Waals surface area contributed by atoms with Gasteiger partial charge in [-0.15, -0.1) is 11.3 Å². The monoisotopic (exact) mass is 204 g/mol. The molecule has 0 amide bonds. The third kappa shape index (κ3) is 1.76. The first kappa shape index (κ1) is 7.22. The highest BCUT2D eigenvalue weighted by molar-refractivity contribution is 9.11. The van der Waals surface area contributed by atoms with Gasteiger partial charge in [0.05, 0.1) is 0 Å². The van der Waals surface area contributed by atoms with Gasteiger partial charge in [0.15, 0.2) is 3.92 Å². The van der Waals surface area contributed by atoms with Crippen LogP contribution in [-0.2, 0) is 0 Å². The molecule has 0 aromatic carbocycles. The van der Waals surface area contributed by atoms with Gasteiger partial charge in [0.2, 0.25) is 0 Å². The summed E-state index contributed by atoms with van der Waals surface area (Å²) in [5.41, 5.74) is 0. The third-order valence-electron chi connectivity index (χ3n) is 0.973. The number of thiazole rings is 1. The first-order valence-electron chi connectivity index (χ1n) is 2.74. The first-order chi connectivity index (χ1) is 4.20. The molecule has 0 N–H and O–H groups in total. The summed E-state index contributed by atoms with van der Waals surface area (Å²) in [5.74, 6) is 0.550. The molecule has 0 saturated heterocycles. The number of halogens is 1. The lowest BCUT2D eigenvalue weighted by atomic mass is 10.2. The molecule has 1 radical (unpaired) electrons. The quantitative estimate of drug-likeness (QED) is 0.686. The predicted molar refractivity (Wildman–Crippen MR) is 42.7 cm³/mol. The zero-order valence-corrected chi connectivity index (χ0v) is 7.71. The summed E-state index contributed by atoms with van der Waals surface area (Å²) < 4.78 is 0.922. The predicted octanol–water partition coefficient (Wildman–Crippen LogP) is 2.83. The van der Waals surface area contributed by atoms with E-state index in [0.717, 1.165) is 3.92 Å². The van der Waals surface area contributed by atoms with E-state index >= 15 is 0 Å². The van der Waals surface area contributed by atoms with Crippen LogP contribution in [0.1, 0.15) is 24.6 Å². The van der Waals surface area contributed by atoms with Crippen LogP contribution in [0.5, 0.6) is 0 Å². The molecule has 0 aliphatic heterocycles. The highest BCUT2D eigenvalue weighted by atomic mass is 79.9. The van der Waals surface area contributed by atoms with Crippen LogP contribution < -0.4 is 0 Å². The first-order valence-corrected chi connectivity index (χ1v) is 4.35. The summed E-state index contributed by atoms with van der Waals surface area (Å²) in [6.45, 7) is 4.27. The lowest BCUT2D eigenvalue weighted by molar-refractivity contribution is 0.883. The summed E-state index contributed by atoms with van der Waals surface area (Å²) in [6, 6.07) is 0. The van der Waals surface area contributed by atoms with Gasteiger partial charge in [-0.05, 0) is 21.8 Å².